The molecule has 0 aromatic heterocycles. The number of likely N-dealkylation sites (N-methyl/N-ethyl adjacent to an activating group) is 1. The van der Waals surface area contributed by atoms with E-state index in [0.717, 1.165) is 11.1 Å². The van der Waals surface area contributed by atoms with Crippen molar-refractivity contribution in [2.75, 3.05) is 33.1 Å². The lowest BCUT2D eigenvalue weighted by atomic mass is 10.2. The molecule has 0 heterocycles. The first kappa shape index (κ1) is 20.2. The Hall–Kier alpha value is -3.12. The fourth-order valence-electron chi connectivity index (χ4n) is 2.46. The third-order valence-corrected chi connectivity index (χ3v) is 3.69. The summed E-state index contributed by atoms with van der Waals surface area (Å²) in [6, 6.07) is 14.9. The Bertz CT molecular complexity index is 816. The van der Waals surface area contributed by atoms with Crippen LogP contribution in [0.25, 0.3) is 6.08 Å². The third-order valence-electron chi connectivity index (χ3n) is 3.69. The molecule has 2 N–H and O–H groups in total. The molecule has 0 spiro atoms. The molecular weight excluding hydrogens is 342 g/mol. The number of nitrogens with one attached hydrogen (secondary N) is 2. The second-order valence-corrected chi connectivity index (χ2v) is 6.28. The Kier molecular flexibility index (Phi) is 7.58. The standard InChI is InChI=1S/C21H25N3O3/c1-24(2)15-21(26)23-18-9-6-7-16(13-18)14-22-20(25)12-11-17-8-4-5-10-19(17)27-3/h4-13H,14-15H2,1-3H3,(H,22,25)(H,23,26). The lowest BCUT2D eigenvalue weighted by Gasteiger charge is -2.11. The first-order valence-corrected chi connectivity index (χ1v) is 8.60. The quantitative estimate of drug-likeness (QED) is 0.704. The molecule has 2 amide bonds. The minimum atomic E-state index is -0.206. The molecule has 27 heavy (non-hydrogen) atoms. The van der Waals surface area contributed by atoms with E-state index in [0.29, 0.717) is 24.5 Å². The van der Waals surface area contributed by atoms with Crippen LogP contribution in [0, 0.1) is 0 Å². The molecule has 2 rings (SSSR count). The van der Waals surface area contributed by atoms with Crippen LogP contribution in [0.3, 0.4) is 0 Å². The topological polar surface area (TPSA) is 70.7 Å². The van der Waals surface area contributed by atoms with E-state index in [-0.39, 0.29) is 11.8 Å². The van der Waals surface area contributed by atoms with Crippen LogP contribution < -0.4 is 15.4 Å². The highest BCUT2D eigenvalue weighted by atomic mass is 16.5. The molecule has 6 nitrogen and oxygen atoms in total. The predicted octanol–water partition coefficient (Wildman–Crippen LogP) is 2.52. The van der Waals surface area contributed by atoms with Gasteiger partial charge in [-0.25, -0.2) is 0 Å². The number of ether oxygens (including phenoxy) is 1. The molecule has 0 bridgehead atoms. The summed E-state index contributed by atoms with van der Waals surface area (Å²) in [5.74, 6) is 0.423. The van der Waals surface area contributed by atoms with E-state index < -0.39 is 0 Å². The Labute approximate surface area is 159 Å². The van der Waals surface area contributed by atoms with Gasteiger partial charge in [-0.3, -0.25) is 9.59 Å². The van der Waals surface area contributed by atoms with Crippen molar-refractivity contribution in [1.29, 1.82) is 0 Å². The van der Waals surface area contributed by atoms with E-state index in [2.05, 4.69) is 10.6 Å². The van der Waals surface area contributed by atoms with Gasteiger partial charge in [0.05, 0.1) is 13.7 Å². The molecular formula is C21H25N3O3. The Morgan fingerprint density at radius 1 is 1.11 bits per heavy atom. The molecule has 0 aliphatic heterocycles. The van der Waals surface area contributed by atoms with Gasteiger partial charge in [-0.2, -0.15) is 0 Å². The van der Waals surface area contributed by atoms with Crippen molar-refractivity contribution < 1.29 is 14.3 Å². The number of para-hydroxylation sites is 1. The molecule has 0 saturated heterocycles. The van der Waals surface area contributed by atoms with Crippen LogP contribution in [0.15, 0.2) is 54.6 Å². The Morgan fingerprint density at radius 2 is 1.89 bits per heavy atom. The summed E-state index contributed by atoms with van der Waals surface area (Å²) < 4.78 is 5.26. The Morgan fingerprint density at radius 3 is 2.63 bits per heavy atom. The lowest BCUT2D eigenvalue weighted by molar-refractivity contribution is -0.117. The number of nitrogens with zero attached hydrogens (tertiary/aromatic N) is 1. The maximum absolute atomic E-state index is 12.1. The SMILES string of the molecule is COc1ccccc1C=CC(=O)NCc1cccc(NC(=O)CN(C)C)c1. The molecule has 0 saturated carbocycles. The average Bonchev–Trinajstić information content (AvgIpc) is 2.64. The number of anilines is 1. The fourth-order valence-corrected chi connectivity index (χ4v) is 2.46. The molecule has 6 heteroatoms. The molecule has 0 unspecified atom stereocenters. The second-order valence-electron chi connectivity index (χ2n) is 6.28. The summed E-state index contributed by atoms with van der Waals surface area (Å²) in [6.07, 6.45) is 3.19. The van der Waals surface area contributed by atoms with E-state index in [1.165, 1.54) is 6.08 Å². The summed E-state index contributed by atoms with van der Waals surface area (Å²) in [5.41, 5.74) is 2.44. The van der Waals surface area contributed by atoms with Crippen LogP contribution >= 0.6 is 0 Å². The first-order chi connectivity index (χ1) is 13.0. The zero-order valence-electron chi connectivity index (χ0n) is 15.9. The number of methoxy groups -OCH3 is 1. The number of carbonyl (C=O) groups excluding carboxylic acids is 2. The van der Waals surface area contributed by atoms with Crippen LogP contribution in [0.1, 0.15) is 11.1 Å². The van der Waals surface area contributed by atoms with Gasteiger partial charge in [0.25, 0.3) is 0 Å². The number of amides is 2. The van der Waals surface area contributed by atoms with Crippen molar-refractivity contribution in [1.82, 2.24) is 10.2 Å². The maximum Gasteiger partial charge on any atom is 0.244 e. The monoisotopic (exact) mass is 367 g/mol. The second kappa shape index (κ2) is 10.1. The van der Waals surface area contributed by atoms with E-state index in [9.17, 15) is 9.59 Å². The highest BCUT2D eigenvalue weighted by molar-refractivity contribution is 5.93. The van der Waals surface area contributed by atoms with Crippen molar-refractivity contribution in [3.63, 3.8) is 0 Å². The van der Waals surface area contributed by atoms with Crippen molar-refractivity contribution in [3.8, 4) is 5.75 Å². The molecule has 142 valence electrons. The normalized spacial score (nSPS) is 10.8. The largest absolute Gasteiger partial charge is 0.496 e. The van der Waals surface area contributed by atoms with Crippen molar-refractivity contribution in [3.05, 3.63) is 65.7 Å². The van der Waals surface area contributed by atoms with Gasteiger partial charge in [-0.15, -0.1) is 0 Å². The number of hydrogen-bond acceptors (Lipinski definition) is 4. The number of rotatable bonds is 8. The van der Waals surface area contributed by atoms with Gasteiger partial charge in [-0.05, 0) is 43.9 Å². The average molecular weight is 367 g/mol. The van der Waals surface area contributed by atoms with Crippen LogP contribution in [0.4, 0.5) is 5.69 Å². The van der Waals surface area contributed by atoms with E-state index in [1.54, 1.807) is 18.1 Å². The summed E-state index contributed by atoms with van der Waals surface area (Å²) in [7, 11) is 5.27. The number of hydrogen-bond donors (Lipinski definition) is 2. The van der Waals surface area contributed by atoms with Crippen molar-refractivity contribution >= 4 is 23.6 Å². The fraction of sp³-hybridized carbons (Fsp3) is 0.238. The van der Waals surface area contributed by atoms with E-state index >= 15 is 0 Å². The molecule has 2 aromatic rings. The maximum atomic E-state index is 12.1. The van der Waals surface area contributed by atoms with E-state index in [4.69, 9.17) is 4.74 Å². The molecule has 0 aliphatic carbocycles. The number of benzene rings is 2. The van der Waals surface area contributed by atoms with Gasteiger partial charge in [-0.1, -0.05) is 30.3 Å². The van der Waals surface area contributed by atoms with Crippen LogP contribution in [-0.2, 0) is 16.1 Å². The first-order valence-electron chi connectivity index (χ1n) is 8.60. The van der Waals surface area contributed by atoms with Gasteiger partial charge >= 0.3 is 0 Å². The lowest BCUT2D eigenvalue weighted by Crippen LogP contribution is -2.27. The van der Waals surface area contributed by atoms with Crippen LogP contribution in [0.2, 0.25) is 0 Å². The molecule has 0 atom stereocenters. The van der Waals surface area contributed by atoms with Crippen LogP contribution in [0.5, 0.6) is 5.75 Å². The summed E-state index contributed by atoms with van der Waals surface area (Å²) in [4.78, 5) is 25.7. The zero-order valence-corrected chi connectivity index (χ0v) is 15.9. The highest BCUT2D eigenvalue weighted by Crippen LogP contribution is 2.18. The van der Waals surface area contributed by atoms with Gasteiger partial charge < -0.3 is 20.3 Å². The van der Waals surface area contributed by atoms with Gasteiger partial charge in [0.15, 0.2) is 0 Å². The summed E-state index contributed by atoms with van der Waals surface area (Å²) in [6.45, 7) is 0.682. The van der Waals surface area contributed by atoms with Crippen molar-refractivity contribution in [2.45, 2.75) is 6.54 Å². The van der Waals surface area contributed by atoms with E-state index in [1.807, 2.05) is 62.6 Å². The number of carbonyl (C=O) groups is 2. The molecule has 0 radical (unpaired) electrons. The summed E-state index contributed by atoms with van der Waals surface area (Å²) >= 11 is 0. The van der Waals surface area contributed by atoms with Crippen LogP contribution in [-0.4, -0.2) is 44.5 Å². The molecule has 2 aromatic carbocycles. The smallest absolute Gasteiger partial charge is 0.244 e. The van der Waals surface area contributed by atoms with Crippen molar-refractivity contribution in [2.24, 2.45) is 0 Å². The molecule has 0 fully saturated rings. The zero-order chi connectivity index (χ0) is 19.6. The minimum Gasteiger partial charge on any atom is -0.496 e. The molecule has 0 aliphatic rings. The third kappa shape index (κ3) is 6.95. The Balaban J connectivity index is 1.90. The van der Waals surface area contributed by atoms with Gasteiger partial charge in [0.1, 0.15) is 5.75 Å². The van der Waals surface area contributed by atoms with Gasteiger partial charge in [0, 0.05) is 23.9 Å². The highest BCUT2D eigenvalue weighted by Gasteiger charge is 2.05. The van der Waals surface area contributed by atoms with Gasteiger partial charge in [0.2, 0.25) is 11.8 Å². The summed E-state index contributed by atoms with van der Waals surface area (Å²) in [5, 5.41) is 5.67. The predicted molar refractivity (Wildman–Crippen MR) is 108 cm³/mol. The minimum absolute atomic E-state index is 0.0825.